The van der Waals surface area contributed by atoms with Crippen molar-refractivity contribution >= 4 is 18.4 Å². The topological polar surface area (TPSA) is 123 Å². The fraction of sp³-hybridized carbons (Fsp3) is 0.227. The molecule has 1 unspecified atom stereocenters. The number of rotatable bonds is 5. The molecule has 3 heterocycles. The Bertz CT molecular complexity index is 1240. The van der Waals surface area contributed by atoms with Crippen LogP contribution in [-0.4, -0.2) is 42.5 Å². The molecule has 1 aliphatic heterocycles. The van der Waals surface area contributed by atoms with Crippen LogP contribution in [0.4, 0.5) is 4.39 Å². The van der Waals surface area contributed by atoms with Crippen LogP contribution in [0.5, 0.6) is 0 Å². The maximum atomic E-state index is 13.1. The zero-order chi connectivity index (χ0) is 22.1. The van der Waals surface area contributed by atoms with Crippen LogP contribution in [0.15, 0.2) is 59.3 Å². The van der Waals surface area contributed by atoms with E-state index in [4.69, 9.17) is 15.7 Å². The van der Waals surface area contributed by atoms with E-state index in [-0.39, 0.29) is 30.2 Å². The Morgan fingerprint density at radius 1 is 1.12 bits per heavy atom. The summed E-state index contributed by atoms with van der Waals surface area (Å²) >= 11 is 0. The van der Waals surface area contributed by atoms with Gasteiger partial charge in [0.05, 0.1) is 12.7 Å². The number of hydrogen-bond donors (Lipinski definition) is 2. The summed E-state index contributed by atoms with van der Waals surface area (Å²) in [6, 6.07) is 13.8. The van der Waals surface area contributed by atoms with Crippen molar-refractivity contribution in [3.63, 3.8) is 0 Å². The van der Waals surface area contributed by atoms with Crippen LogP contribution in [0.25, 0.3) is 22.6 Å². The van der Waals surface area contributed by atoms with Gasteiger partial charge in [0.1, 0.15) is 17.6 Å². The van der Waals surface area contributed by atoms with Gasteiger partial charge >= 0.3 is 0 Å². The van der Waals surface area contributed by atoms with E-state index in [2.05, 4.69) is 20.5 Å². The summed E-state index contributed by atoms with van der Waals surface area (Å²) in [6.07, 6.45) is 3.59. The van der Waals surface area contributed by atoms with E-state index in [1.54, 1.807) is 21.7 Å². The maximum absolute atomic E-state index is 13.1. The van der Waals surface area contributed by atoms with Crippen LogP contribution in [0, 0.1) is 11.2 Å². The Kier molecular flexibility index (Phi) is 6.36. The second-order valence-corrected chi connectivity index (χ2v) is 7.70. The second-order valence-electron chi connectivity index (χ2n) is 7.70. The Morgan fingerprint density at radius 3 is 2.58 bits per heavy atom. The van der Waals surface area contributed by atoms with E-state index >= 15 is 0 Å². The molecule has 1 aliphatic rings. The first-order valence-electron chi connectivity index (χ1n) is 10.3. The normalized spacial score (nSPS) is 15.4. The summed E-state index contributed by atoms with van der Waals surface area (Å²) in [7, 11) is 0. The maximum Gasteiger partial charge on any atom is 0.249 e. The van der Waals surface area contributed by atoms with Gasteiger partial charge < -0.3 is 15.2 Å². The van der Waals surface area contributed by atoms with Crippen molar-refractivity contribution in [1.29, 1.82) is 5.41 Å². The van der Waals surface area contributed by atoms with Gasteiger partial charge in [-0.25, -0.2) is 9.07 Å². The van der Waals surface area contributed by atoms with Crippen LogP contribution in [-0.2, 0) is 6.54 Å². The van der Waals surface area contributed by atoms with E-state index in [1.807, 2.05) is 30.5 Å². The van der Waals surface area contributed by atoms with Gasteiger partial charge in [-0.1, -0.05) is 34.6 Å². The highest BCUT2D eigenvalue weighted by Gasteiger charge is 2.31. The number of likely N-dealkylation sites (tertiary alicyclic amines) is 1. The summed E-state index contributed by atoms with van der Waals surface area (Å²) in [4.78, 5) is 6.30. The van der Waals surface area contributed by atoms with Gasteiger partial charge in [0.25, 0.3) is 0 Å². The molecule has 3 N–H and O–H groups in total. The van der Waals surface area contributed by atoms with E-state index in [0.717, 1.165) is 36.1 Å². The lowest BCUT2D eigenvalue weighted by Gasteiger charge is -2.21. The molecule has 0 aliphatic carbocycles. The minimum absolute atomic E-state index is 0. The van der Waals surface area contributed by atoms with Crippen molar-refractivity contribution < 1.29 is 8.91 Å². The van der Waals surface area contributed by atoms with Gasteiger partial charge in [0.15, 0.2) is 5.96 Å². The molecule has 0 saturated carbocycles. The third-order valence-corrected chi connectivity index (χ3v) is 5.52. The van der Waals surface area contributed by atoms with Crippen LogP contribution in [0.1, 0.15) is 30.3 Å². The molecule has 2 aromatic carbocycles. The second kappa shape index (κ2) is 9.37. The van der Waals surface area contributed by atoms with Gasteiger partial charge in [-0.05, 0) is 42.7 Å². The van der Waals surface area contributed by atoms with Crippen molar-refractivity contribution in [2.24, 2.45) is 5.73 Å². The Labute approximate surface area is 195 Å². The van der Waals surface area contributed by atoms with Crippen LogP contribution < -0.4 is 5.73 Å². The molecule has 2 aromatic heterocycles. The molecule has 0 radical (unpaired) electrons. The number of nitrogens with two attached hydrogens (primary N) is 1. The molecule has 0 amide bonds. The number of nitrogens with zero attached hydrogens (tertiary/aromatic N) is 6. The van der Waals surface area contributed by atoms with Crippen LogP contribution >= 0.6 is 12.4 Å². The zero-order valence-corrected chi connectivity index (χ0v) is 18.4. The molecule has 5 rings (SSSR count). The average Bonchev–Trinajstić information content (AvgIpc) is 3.55. The average molecular weight is 469 g/mol. The van der Waals surface area contributed by atoms with E-state index in [9.17, 15) is 4.39 Å². The van der Waals surface area contributed by atoms with Gasteiger partial charge in [0, 0.05) is 17.7 Å². The van der Waals surface area contributed by atoms with Crippen molar-refractivity contribution in [2.75, 3.05) is 6.54 Å². The highest BCUT2D eigenvalue weighted by Crippen LogP contribution is 2.31. The first kappa shape index (κ1) is 22.4. The summed E-state index contributed by atoms with van der Waals surface area (Å²) < 4.78 is 20.3. The highest BCUT2D eigenvalue weighted by molar-refractivity contribution is 5.85. The molecule has 1 atom stereocenters. The van der Waals surface area contributed by atoms with Gasteiger partial charge in [-0.2, -0.15) is 4.98 Å². The smallest absolute Gasteiger partial charge is 0.249 e. The van der Waals surface area contributed by atoms with Crippen molar-refractivity contribution in [3.05, 3.63) is 72.0 Å². The monoisotopic (exact) mass is 468 g/mol. The van der Waals surface area contributed by atoms with Crippen molar-refractivity contribution in [1.82, 2.24) is 30.0 Å². The van der Waals surface area contributed by atoms with Gasteiger partial charge in [-0.3, -0.25) is 5.41 Å². The Balaban J connectivity index is 0.00000259. The predicted octanol–water partition coefficient (Wildman–Crippen LogP) is 3.63. The first-order valence-corrected chi connectivity index (χ1v) is 10.3. The molecule has 4 aromatic rings. The molecular weight excluding hydrogens is 447 g/mol. The number of hydrogen-bond acceptors (Lipinski definition) is 6. The predicted molar refractivity (Wildman–Crippen MR) is 122 cm³/mol. The molecule has 11 heteroatoms. The summed E-state index contributed by atoms with van der Waals surface area (Å²) in [5, 5.41) is 20.1. The lowest BCUT2D eigenvalue weighted by Crippen LogP contribution is -2.35. The van der Waals surface area contributed by atoms with Gasteiger partial charge in [-0.15, -0.1) is 17.5 Å². The Hall–Kier alpha value is -3.79. The number of aromatic nitrogens is 5. The van der Waals surface area contributed by atoms with Gasteiger partial charge in [0.2, 0.25) is 11.7 Å². The molecule has 33 heavy (non-hydrogen) atoms. The SMILES string of the molecule is Cl.N=C(N)N1CCCC1c1nc(-c2ccc(Cn3cc(-c4ccc(F)cc4)nn3)cc2)no1. The summed E-state index contributed by atoms with van der Waals surface area (Å²) in [5.74, 6) is 0.718. The van der Waals surface area contributed by atoms with E-state index < -0.39 is 0 Å². The summed E-state index contributed by atoms with van der Waals surface area (Å²) in [6.45, 7) is 1.26. The quantitative estimate of drug-likeness (QED) is 0.338. The van der Waals surface area contributed by atoms with Crippen molar-refractivity contribution in [3.8, 4) is 22.6 Å². The van der Waals surface area contributed by atoms with E-state index in [1.165, 1.54) is 12.1 Å². The molecule has 1 fully saturated rings. The number of halogens is 2. The number of benzene rings is 2. The fourth-order valence-corrected chi connectivity index (χ4v) is 3.87. The third kappa shape index (κ3) is 4.70. The lowest BCUT2D eigenvalue weighted by atomic mass is 10.1. The zero-order valence-electron chi connectivity index (χ0n) is 17.6. The minimum Gasteiger partial charge on any atom is -0.370 e. The molecule has 0 spiro atoms. The third-order valence-electron chi connectivity index (χ3n) is 5.52. The van der Waals surface area contributed by atoms with Crippen molar-refractivity contribution in [2.45, 2.75) is 25.4 Å². The van der Waals surface area contributed by atoms with E-state index in [0.29, 0.717) is 24.0 Å². The minimum atomic E-state index is -0.283. The first-order chi connectivity index (χ1) is 15.6. The molecule has 1 saturated heterocycles. The highest BCUT2D eigenvalue weighted by atomic mass is 35.5. The largest absolute Gasteiger partial charge is 0.370 e. The fourth-order valence-electron chi connectivity index (χ4n) is 3.87. The standard InChI is InChI=1S/C22H21FN8O.ClH/c23-17-9-7-15(8-10-17)18-13-30(29-27-18)12-14-3-5-16(6-4-14)20-26-21(32-28-20)19-2-1-11-31(19)22(24)25;/h3-10,13,19H,1-2,11-12H2,(H3,24,25);1H. The molecule has 0 bridgehead atoms. The Morgan fingerprint density at radius 2 is 1.85 bits per heavy atom. The van der Waals surface area contributed by atoms with Crippen LogP contribution in [0.3, 0.4) is 0 Å². The molecule has 170 valence electrons. The molecular formula is C22H22ClFN8O. The van der Waals surface area contributed by atoms with Crippen LogP contribution in [0.2, 0.25) is 0 Å². The lowest BCUT2D eigenvalue weighted by molar-refractivity contribution is 0.283. The summed E-state index contributed by atoms with van der Waals surface area (Å²) in [5.41, 5.74) is 9.02. The molecule has 9 nitrogen and oxygen atoms in total. The number of nitrogens with one attached hydrogen (secondary N) is 1. The number of guanidine groups is 1.